The van der Waals surface area contributed by atoms with Gasteiger partial charge in [-0.05, 0) is 42.8 Å². The summed E-state index contributed by atoms with van der Waals surface area (Å²) in [6, 6.07) is 12.1. The van der Waals surface area contributed by atoms with Crippen LogP contribution >= 0.6 is 0 Å². The summed E-state index contributed by atoms with van der Waals surface area (Å²) in [5.41, 5.74) is 1.75. The van der Waals surface area contributed by atoms with Gasteiger partial charge in [0, 0.05) is 57.1 Å². The molecule has 1 heterocycles. The quantitative estimate of drug-likeness (QED) is 0.688. The molecule has 0 aliphatic carbocycles. The summed E-state index contributed by atoms with van der Waals surface area (Å²) in [6.45, 7) is 6.85. The standard InChI is InChI=1S/C22H28FN3O3/c1-17(27)24-19-6-9-21(22(16-19)28-2)29-15-3-10-25-11-13-26(14-12-25)20-7-4-18(23)5-8-20/h4-9,16H,3,10-15H2,1-2H3,(H,24,27). The largest absolute Gasteiger partial charge is 0.493 e. The Labute approximate surface area is 171 Å². The van der Waals surface area contributed by atoms with Crippen LogP contribution in [0.25, 0.3) is 0 Å². The number of nitrogens with one attached hydrogen (secondary N) is 1. The number of carbonyl (C=O) groups is 1. The van der Waals surface area contributed by atoms with Gasteiger partial charge >= 0.3 is 0 Å². The van der Waals surface area contributed by atoms with Crippen molar-refractivity contribution in [3.8, 4) is 11.5 Å². The molecule has 1 fully saturated rings. The van der Waals surface area contributed by atoms with Crippen LogP contribution in [0.1, 0.15) is 13.3 Å². The van der Waals surface area contributed by atoms with Crippen LogP contribution in [0.3, 0.4) is 0 Å². The second-order valence-corrected chi connectivity index (χ2v) is 7.05. The minimum atomic E-state index is -0.200. The second kappa shape index (κ2) is 10.1. The zero-order chi connectivity index (χ0) is 20.6. The minimum Gasteiger partial charge on any atom is -0.493 e. The highest BCUT2D eigenvalue weighted by Crippen LogP contribution is 2.30. The monoisotopic (exact) mass is 401 g/mol. The lowest BCUT2D eigenvalue weighted by atomic mass is 10.2. The van der Waals surface area contributed by atoms with E-state index in [0.29, 0.717) is 23.8 Å². The molecule has 29 heavy (non-hydrogen) atoms. The third-order valence-corrected chi connectivity index (χ3v) is 4.92. The van der Waals surface area contributed by atoms with Crippen molar-refractivity contribution in [2.75, 3.05) is 56.7 Å². The Morgan fingerprint density at radius 3 is 2.45 bits per heavy atom. The predicted molar refractivity (Wildman–Crippen MR) is 112 cm³/mol. The van der Waals surface area contributed by atoms with Crippen LogP contribution in [0.5, 0.6) is 11.5 Å². The number of nitrogens with zero attached hydrogens (tertiary/aromatic N) is 2. The molecule has 7 heteroatoms. The van der Waals surface area contributed by atoms with Gasteiger partial charge in [0.25, 0.3) is 0 Å². The number of ether oxygens (including phenoxy) is 2. The highest BCUT2D eigenvalue weighted by Gasteiger charge is 2.17. The average molecular weight is 401 g/mol. The summed E-state index contributed by atoms with van der Waals surface area (Å²) in [5.74, 6) is 0.945. The normalized spacial score (nSPS) is 14.5. The van der Waals surface area contributed by atoms with E-state index in [1.54, 1.807) is 19.2 Å². The molecule has 1 N–H and O–H groups in total. The molecular formula is C22H28FN3O3. The van der Waals surface area contributed by atoms with Gasteiger partial charge in [-0.25, -0.2) is 4.39 Å². The zero-order valence-corrected chi connectivity index (χ0v) is 17.0. The van der Waals surface area contributed by atoms with Crippen LogP contribution < -0.4 is 19.7 Å². The van der Waals surface area contributed by atoms with Crippen molar-refractivity contribution in [3.63, 3.8) is 0 Å². The predicted octanol–water partition coefficient (Wildman–Crippen LogP) is 3.38. The maximum absolute atomic E-state index is 13.1. The van der Waals surface area contributed by atoms with Gasteiger partial charge in [-0.2, -0.15) is 0 Å². The van der Waals surface area contributed by atoms with E-state index in [0.717, 1.165) is 44.8 Å². The first-order valence-corrected chi connectivity index (χ1v) is 9.86. The number of piperazine rings is 1. The van der Waals surface area contributed by atoms with E-state index in [4.69, 9.17) is 9.47 Å². The molecular weight excluding hydrogens is 373 g/mol. The number of methoxy groups -OCH3 is 1. The SMILES string of the molecule is COc1cc(NC(C)=O)ccc1OCCCN1CCN(c2ccc(F)cc2)CC1. The van der Waals surface area contributed by atoms with Crippen molar-refractivity contribution in [1.29, 1.82) is 0 Å². The van der Waals surface area contributed by atoms with Gasteiger partial charge in [-0.15, -0.1) is 0 Å². The first-order chi connectivity index (χ1) is 14.0. The maximum atomic E-state index is 13.1. The molecule has 1 aliphatic heterocycles. The van der Waals surface area contributed by atoms with Crippen molar-refractivity contribution in [2.45, 2.75) is 13.3 Å². The highest BCUT2D eigenvalue weighted by atomic mass is 19.1. The molecule has 156 valence electrons. The number of hydrogen-bond donors (Lipinski definition) is 1. The number of halogens is 1. The van der Waals surface area contributed by atoms with Crippen LogP contribution in [0.2, 0.25) is 0 Å². The van der Waals surface area contributed by atoms with E-state index in [1.807, 2.05) is 18.2 Å². The van der Waals surface area contributed by atoms with Crippen LogP contribution in [0, 0.1) is 5.82 Å². The number of rotatable bonds is 8. The summed E-state index contributed by atoms with van der Waals surface area (Å²) in [6.07, 6.45) is 0.910. The third-order valence-electron chi connectivity index (χ3n) is 4.92. The first kappa shape index (κ1) is 20.9. The molecule has 0 aromatic heterocycles. The van der Waals surface area contributed by atoms with Crippen LogP contribution in [-0.4, -0.2) is 57.2 Å². The highest BCUT2D eigenvalue weighted by molar-refractivity contribution is 5.89. The summed E-state index contributed by atoms with van der Waals surface area (Å²) in [5, 5.41) is 2.73. The number of anilines is 2. The Morgan fingerprint density at radius 1 is 1.07 bits per heavy atom. The number of benzene rings is 2. The molecule has 1 saturated heterocycles. The molecule has 2 aromatic carbocycles. The van der Waals surface area contributed by atoms with E-state index < -0.39 is 0 Å². The molecule has 0 unspecified atom stereocenters. The fourth-order valence-corrected chi connectivity index (χ4v) is 3.42. The van der Waals surface area contributed by atoms with Gasteiger partial charge in [0.05, 0.1) is 13.7 Å². The molecule has 6 nitrogen and oxygen atoms in total. The van der Waals surface area contributed by atoms with Crippen LogP contribution in [-0.2, 0) is 4.79 Å². The van der Waals surface area contributed by atoms with E-state index >= 15 is 0 Å². The van der Waals surface area contributed by atoms with Gasteiger partial charge in [0.2, 0.25) is 5.91 Å². The van der Waals surface area contributed by atoms with Gasteiger partial charge in [0.1, 0.15) is 5.82 Å². The summed E-state index contributed by atoms with van der Waals surface area (Å²) in [4.78, 5) is 15.9. The molecule has 1 aliphatic rings. The fourth-order valence-electron chi connectivity index (χ4n) is 3.42. The molecule has 1 amide bonds. The van der Waals surface area contributed by atoms with Crippen molar-refractivity contribution in [3.05, 3.63) is 48.3 Å². The maximum Gasteiger partial charge on any atom is 0.221 e. The molecule has 0 bridgehead atoms. The van der Waals surface area contributed by atoms with Crippen LogP contribution in [0.15, 0.2) is 42.5 Å². The fraction of sp³-hybridized carbons (Fsp3) is 0.409. The molecule has 0 radical (unpaired) electrons. The van der Waals surface area contributed by atoms with E-state index in [9.17, 15) is 9.18 Å². The lowest BCUT2D eigenvalue weighted by Crippen LogP contribution is -2.46. The second-order valence-electron chi connectivity index (χ2n) is 7.05. The van der Waals surface area contributed by atoms with Gasteiger partial charge in [0.15, 0.2) is 11.5 Å². The molecule has 2 aromatic rings. The number of carbonyl (C=O) groups excluding carboxylic acids is 1. The van der Waals surface area contributed by atoms with Gasteiger partial charge in [-0.3, -0.25) is 9.69 Å². The smallest absolute Gasteiger partial charge is 0.221 e. The topological polar surface area (TPSA) is 54.0 Å². The average Bonchev–Trinajstić information content (AvgIpc) is 2.72. The molecule has 0 spiro atoms. The van der Waals surface area contributed by atoms with Crippen molar-refractivity contribution in [1.82, 2.24) is 4.90 Å². The Morgan fingerprint density at radius 2 is 1.79 bits per heavy atom. The number of amides is 1. The van der Waals surface area contributed by atoms with Crippen molar-refractivity contribution in [2.24, 2.45) is 0 Å². The molecule has 3 rings (SSSR count). The lowest BCUT2D eigenvalue weighted by molar-refractivity contribution is -0.114. The Hall–Kier alpha value is -2.80. The Bertz CT molecular complexity index is 805. The summed E-state index contributed by atoms with van der Waals surface area (Å²) < 4.78 is 24.3. The Balaban J connectivity index is 1.40. The van der Waals surface area contributed by atoms with Crippen LogP contribution in [0.4, 0.5) is 15.8 Å². The zero-order valence-electron chi connectivity index (χ0n) is 17.0. The lowest BCUT2D eigenvalue weighted by Gasteiger charge is -2.36. The number of hydrogen-bond acceptors (Lipinski definition) is 5. The summed E-state index contributed by atoms with van der Waals surface area (Å²) in [7, 11) is 1.58. The molecule has 0 atom stereocenters. The van der Waals surface area contributed by atoms with E-state index in [-0.39, 0.29) is 11.7 Å². The van der Waals surface area contributed by atoms with Gasteiger partial charge in [-0.1, -0.05) is 0 Å². The third kappa shape index (κ3) is 6.09. The van der Waals surface area contributed by atoms with Gasteiger partial charge < -0.3 is 19.7 Å². The van der Waals surface area contributed by atoms with E-state index in [2.05, 4.69) is 15.1 Å². The van der Waals surface area contributed by atoms with E-state index in [1.165, 1.54) is 19.1 Å². The summed E-state index contributed by atoms with van der Waals surface area (Å²) >= 11 is 0. The Kier molecular flexibility index (Phi) is 7.30. The first-order valence-electron chi connectivity index (χ1n) is 9.86. The minimum absolute atomic E-state index is 0.125. The molecule has 0 saturated carbocycles. The van der Waals surface area contributed by atoms with Crippen molar-refractivity contribution >= 4 is 17.3 Å². The van der Waals surface area contributed by atoms with Crippen molar-refractivity contribution < 1.29 is 18.7 Å².